The highest BCUT2D eigenvalue weighted by atomic mass is 35.5. The second kappa shape index (κ2) is 7.24. The fourth-order valence-corrected chi connectivity index (χ4v) is 2.27. The predicted molar refractivity (Wildman–Crippen MR) is 81.4 cm³/mol. The van der Waals surface area contributed by atoms with Gasteiger partial charge in [-0.3, -0.25) is 0 Å². The van der Waals surface area contributed by atoms with Gasteiger partial charge in [0.25, 0.3) is 0 Å². The highest BCUT2D eigenvalue weighted by Crippen LogP contribution is 2.26. The lowest BCUT2D eigenvalue weighted by Crippen LogP contribution is -2.18. The number of anilines is 1. The van der Waals surface area contributed by atoms with Gasteiger partial charge in [0, 0.05) is 6.04 Å². The Hall–Kier alpha value is -1.62. The van der Waals surface area contributed by atoms with Crippen LogP contribution in [0.3, 0.4) is 0 Å². The van der Waals surface area contributed by atoms with E-state index in [4.69, 9.17) is 11.6 Å². The summed E-state index contributed by atoms with van der Waals surface area (Å²) in [5, 5.41) is 15.4. The molecule has 1 heterocycles. The predicted octanol–water partition coefficient (Wildman–Crippen LogP) is 3.70. The molecule has 0 aliphatic carbocycles. The van der Waals surface area contributed by atoms with E-state index in [1.54, 1.807) is 11.0 Å². The smallest absolute Gasteiger partial charge is 0.143 e. The van der Waals surface area contributed by atoms with Gasteiger partial charge < -0.3 is 5.32 Å². The van der Waals surface area contributed by atoms with Crippen LogP contribution in [-0.2, 0) is 0 Å². The van der Waals surface area contributed by atoms with Crippen LogP contribution in [0, 0.1) is 0 Å². The molecular formula is C14H20ClN5. The first-order valence-electron chi connectivity index (χ1n) is 7.04. The molecule has 2 aromatic rings. The number of benzene rings is 1. The van der Waals surface area contributed by atoms with Gasteiger partial charge in [-0.05, 0) is 41.5 Å². The summed E-state index contributed by atoms with van der Waals surface area (Å²) in [5.41, 5.74) is 1.83. The molecule has 5 nitrogen and oxygen atoms in total. The SMILES string of the molecule is CCCCC(CC)Nc1cc(-n2cnnn2)ccc1Cl. The van der Waals surface area contributed by atoms with Crippen LogP contribution in [0.1, 0.15) is 39.5 Å². The van der Waals surface area contributed by atoms with Gasteiger partial charge in [0.2, 0.25) is 0 Å². The third-order valence-corrected chi connectivity index (χ3v) is 3.65. The lowest BCUT2D eigenvalue weighted by atomic mass is 10.1. The van der Waals surface area contributed by atoms with E-state index in [2.05, 4.69) is 34.7 Å². The first-order chi connectivity index (χ1) is 9.74. The number of nitrogens with zero attached hydrogens (tertiary/aromatic N) is 4. The van der Waals surface area contributed by atoms with Crippen molar-refractivity contribution < 1.29 is 0 Å². The maximum atomic E-state index is 6.27. The summed E-state index contributed by atoms with van der Waals surface area (Å²) in [7, 11) is 0. The van der Waals surface area contributed by atoms with E-state index in [1.807, 2.05) is 18.2 Å². The summed E-state index contributed by atoms with van der Waals surface area (Å²) in [6.07, 6.45) is 6.22. The van der Waals surface area contributed by atoms with Crippen LogP contribution in [0.2, 0.25) is 5.02 Å². The molecule has 108 valence electrons. The molecule has 0 spiro atoms. The van der Waals surface area contributed by atoms with Crippen molar-refractivity contribution in [3.05, 3.63) is 29.5 Å². The zero-order valence-corrected chi connectivity index (χ0v) is 12.6. The van der Waals surface area contributed by atoms with Gasteiger partial charge in [-0.2, -0.15) is 0 Å². The number of aromatic nitrogens is 4. The Kier molecular flexibility index (Phi) is 5.35. The van der Waals surface area contributed by atoms with Crippen LogP contribution in [0.5, 0.6) is 0 Å². The summed E-state index contributed by atoms with van der Waals surface area (Å²) in [6, 6.07) is 6.19. The average molecular weight is 294 g/mol. The molecule has 0 aliphatic rings. The van der Waals surface area contributed by atoms with Gasteiger partial charge >= 0.3 is 0 Å². The lowest BCUT2D eigenvalue weighted by molar-refractivity contribution is 0.593. The first-order valence-corrected chi connectivity index (χ1v) is 7.41. The fraction of sp³-hybridized carbons (Fsp3) is 0.500. The van der Waals surface area contributed by atoms with Crippen molar-refractivity contribution in [2.75, 3.05) is 5.32 Å². The summed E-state index contributed by atoms with van der Waals surface area (Å²) < 4.78 is 1.62. The molecule has 0 fully saturated rings. The van der Waals surface area contributed by atoms with Gasteiger partial charge in [-0.25, -0.2) is 4.68 Å². The van der Waals surface area contributed by atoms with Crippen molar-refractivity contribution >= 4 is 17.3 Å². The summed E-state index contributed by atoms with van der Waals surface area (Å²) in [4.78, 5) is 0. The molecular weight excluding hydrogens is 274 g/mol. The number of halogens is 1. The molecule has 20 heavy (non-hydrogen) atoms. The second-order valence-electron chi connectivity index (χ2n) is 4.81. The van der Waals surface area contributed by atoms with Gasteiger partial charge in [-0.15, -0.1) is 5.10 Å². The van der Waals surface area contributed by atoms with Crippen LogP contribution in [0.15, 0.2) is 24.5 Å². The van der Waals surface area contributed by atoms with Gasteiger partial charge in [-0.1, -0.05) is 38.3 Å². The van der Waals surface area contributed by atoms with Crippen molar-refractivity contribution in [3.63, 3.8) is 0 Å². The van der Waals surface area contributed by atoms with Crippen molar-refractivity contribution in [3.8, 4) is 5.69 Å². The zero-order valence-electron chi connectivity index (χ0n) is 11.9. The average Bonchev–Trinajstić information content (AvgIpc) is 2.99. The number of tetrazole rings is 1. The van der Waals surface area contributed by atoms with Crippen molar-refractivity contribution in [1.29, 1.82) is 0 Å². The van der Waals surface area contributed by atoms with Crippen LogP contribution in [-0.4, -0.2) is 26.2 Å². The van der Waals surface area contributed by atoms with E-state index in [-0.39, 0.29) is 0 Å². The molecule has 0 bridgehead atoms. The maximum Gasteiger partial charge on any atom is 0.143 e. The Morgan fingerprint density at radius 1 is 1.35 bits per heavy atom. The molecule has 0 saturated carbocycles. The third kappa shape index (κ3) is 3.70. The highest BCUT2D eigenvalue weighted by Gasteiger charge is 2.10. The fourth-order valence-electron chi connectivity index (χ4n) is 2.09. The lowest BCUT2D eigenvalue weighted by Gasteiger charge is -2.19. The summed E-state index contributed by atoms with van der Waals surface area (Å²) in [5.74, 6) is 0. The Labute approximate surface area is 124 Å². The first kappa shape index (κ1) is 14.8. The Morgan fingerprint density at radius 2 is 2.20 bits per heavy atom. The largest absolute Gasteiger partial charge is 0.381 e. The summed E-state index contributed by atoms with van der Waals surface area (Å²) in [6.45, 7) is 4.39. The quantitative estimate of drug-likeness (QED) is 0.846. The van der Waals surface area contributed by atoms with Crippen LogP contribution >= 0.6 is 11.6 Å². The molecule has 2 rings (SSSR count). The Morgan fingerprint density at radius 3 is 2.85 bits per heavy atom. The van der Waals surface area contributed by atoms with E-state index in [0.29, 0.717) is 6.04 Å². The normalized spacial score (nSPS) is 12.3. The van der Waals surface area contributed by atoms with Gasteiger partial charge in [0.05, 0.1) is 16.4 Å². The zero-order chi connectivity index (χ0) is 14.4. The molecule has 1 aromatic carbocycles. The van der Waals surface area contributed by atoms with Crippen LogP contribution in [0.4, 0.5) is 5.69 Å². The second-order valence-corrected chi connectivity index (χ2v) is 5.22. The number of hydrogen-bond donors (Lipinski definition) is 1. The van der Waals surface area contributed by atoms with E-state index in [1.165, 1.54) is 12.8 Å². The minimum absolute atomic E-state index is 0.441. The van der Waals surface area contributed by atoms with Crippen LogP contribution < -0.4 is 5.32 Å². The molecule has 0 saturated heterocycles. The highest BCUT2D eigenvalue weighted by molar-refractivity contribution is 6.33. The molecule has 6 heteroatoms. The minimum Gasteiger partial charge on any atom is -0.381 e. The summed E-state index contributed by atoms with van der Waals surface area (Å²) >= 11 is 6.27. The van der Waals surface area contributed by atoms with Crippen molar-refractivity contribution in [1.82, 2.24) is 20.2 Å². The van der Waals surface area contributed by atoms with E-state index < -0.39 is 0 Å². The molecule has 1 unspecified atom stereocenters. The Balaban J connectivity index is 2.16. The third-order valence-electron chi connectivity index (χ3n) is 3.32. The molecule has 1 aromatic heterocycles. The maximum absolute atomic E-state index is 6.27. The topological polar surface area (TPSA) is 55.6 Å². The molecule has 1 atom stereocenters. The van der Waals surface area contributed by atoms with Crippen LogP contribution in [0.25, 0.3) is 5.69 Å². The molecule has 1 N–H and O–H groups in total. The van der Waals surface area contributed by atoms with Crippen molar-refractivity contribution in [2.45, 2.75) is 45.6 Å². The van der Waals surface area contributed by atoms with E-state index in [9.17, 15) is 0 Å². The molecule has 0 aliphatic heterocycles. The van der Waals surface area contributed by atoms with E-state index >= 15 is 0 Å². The molecule has 0 radical (unpaired) electrons. The number of rotatable bonds is 7. The minimum atomic E-state index is 0.441. The Bertz CT molecular complexity index is 526. The molecule has 0 amide bonds. The van der Waals surface area contributed by atoms with Gasteiger partial charge in [0.1, 0.15) is 6.33 Å². The standard InChI is InChI=1S/C14H20ClN5/c1-3-5-6-11(4-2)17-14-9-12(7-8-13(14)15)20-10-16-18-19-20/h7-11,17H,3-6H2,1-2H3. The number of unbranched alkanes of at least 4 members (excludes halogenated alkanes) is 1. The van der Waals surface area contributed by atoms with E-state index in [0.717, 1.165) is 29.2 Å². The number of nitrogens with one attached hydrogen (secondary N) is 1. The van der Waals surface area contributed by atoms with Crippen molar-refractivity contribution in [2.24, 2.45) is 0 Å². The monoisotopic (exact) mass is 293 g/mol. The van der Waals surface area contributed by atoms with Gasteiger partial charge in [0.15, 0.2) is 0 Å². The number of hydrogen-bond acceptors (Lipinski definition) is 4.